The molecular formula is C34H65NO5. The number of nitrogens with one attached hydrogen (secondary N) is 1. The molecule has 0 aliphatic rings. The zero-order valence-corrected chi connectivity index (χ0v) is 26.5. The topological polar surface area (TPSA) is 92.7 Å². The molecule has 0 spiro atoms. The first-order valence-corrected chi connectivity index (χ1v) is 17.2. The van der Waals surface area contributed by atoms with Crippen molar-refractivity contribution in [3.63, 3.8) is 0 Å². The van der Waals surface area contributed by atoms with Crippen LogP contribution in [0, 0.1) is 0 Å². The molecule has 0 saturated heterocycles. The van der Waals surface area contributed by atoms with Crippen molar-refractivity contribution in [3.05, 3.63) is 0 Å². The van der Waals surface area contributed by atoms with Gasteiger partial charge >= 0.3 is 11.9 Å². The first-order valence-electron chi connectivity index (χ1n) is 17.2. The number of unbranched alkanes of at least 4 members (excludes halogenated alkanes) is 22. The number of carbonyl (C=O) groups is 3. The molecule has 1 atom stereocenters. The number of rotatable bonds is 31. The molecule has 0 heterocycles. The minimum absolute atomic E-state index is 0.0662. The highest BCUT2D eigenvalue weighted by Crippen LogP contribution is 2.14. The third-order valence-electron chi connectivity index (χ3n) is 7.77. The monoisotopic (exact) mass is 567 g/mol. The van der Waals surface area contributed by atoms with Crippen molar-refractivity contribution in [3.8, 4) is 0 Å². The van der Waals surface area contributed by atoms with Gasteiger partial charge in [-0.1, -0.05) is 155 Å². The van der Waals surface area contributed by atoms with Crippen LogP contribution in [0.3, 0.4) is 0 Å². The van der Waals surface area contributed by atoms with E-state index in [1.54, 1.807) is 0 Å². The number of hydrogen-bond donors (Lipinski definition) is 2. The van der Waals surface area contributed by atoms with Gasteiger partial charge < -0.3 is 15.2 Å². The molecule has 0 aromatic carbocycles. The molecule has 0 bridgehead atoms. The fraction of sp³-hybridized carbons (Fsp3) is 0.912. The van der Waals surface area contributed by atoms with Crippen LogP contribution in [0.15, 0.2) is 0 Å². The van der Waals surface area contributed by atoms with E-state index in [0.717, 1.165) is 38.5 Å². The van der Waals surface area contributed by atoms with Crippen molar-refractivity contribution in [2.75, 3.05) is 6.61 Å². The maximum Gasteiger partial charge on any atom is 0.328 e. The van der Waals surface area contributed by atoms with Gasteiger partial charge in [0.25, 0.3) is 0 Å². The smallest absolute Gasteiger partial charge is 0.328 e. The van der Waals surface area contributed by atoms with Gasteiger partial charge in [-0.15, -0.1) is 0 Å². The molecule has 6 heteroatoms. The molecule has 0 saturated carbocycles. The van der Waals surface area contributed by atoms with Crippen molar-refractivity contribution in [2.24, 2.45) is 0 Å². The molecule has 40 heavy (non-hydrogen) atoms. The van der Waals surface area contributed by atoms with Crippen LogP contribution in [0.5, 0.6) is 0 Å². The number of carbonyl (C=O) groups excluding carboxylic acids is 2. The van der Waals surface area contributed by atoms with Crippen molar-refractivity contribution >= 4 is 17.8 Å². The Kier molecular flexibility index (Phi) is 29.2. The van der Waals surface area contributed by atoms with E-state index in [4.69, 9.17) is 9.84 Å². The van der Waals surface area contributed by atoms with Gasteiger partial charge in [0.2, 0.25) is 5.91 Å². The van der Waals surface area contributed by atoms with Crippen LogP contribution >= 0.6 is 0 Å². The highest BCUT2D eigenvalue weighted by Gasteiger charge is 2.23. The maximum absolute atomic E-state index is 12.5. The molecular weight excluding hydrogens is 502 g/mol. The second-order valence-corrected chi connectivity index (χ2v) is 11.7. The van der Waals surface area contributed by atoms with Crippen LogP contribution in [0.4, 0.5) is 0 Å². The second kappa shape index (κ2) is 30.4. The number of carboxylic acid groups (broad SMARTS) is 1. The quantitative estimate of drug-likeness (QED) is 0.0642. The van der Waals surface area contributed by atoms with Gasteiger partial charge in [-0.25, -0.2) is 4.79 Å². The van der Waals surface area contributed by atoms with Gasteiger partial charge in [0.1, 0.15) is 6.04 Å². The first kappa shape index (κ1) is 38.4. The van der Waals surface area contributed by atoms with E-state index in [9.17, 15) is 14.4 Å². The van der Waals surface area contributed by atoms with E-state index in [0.29, 0.717) is 13.0 Å². The average molecular weight is 568 g/mol. The summed E-state index contributed by atoms with van der Waals surface area (Å²) in [6, 6.07) is -0.877. The Morgan fingerprint density at radius 1 is 0.550 bits per heavy atom. The van der Waals surface area contributed by atoms with E-state index in [1.807, 2.05) is 0 Å². The summed E-state index contributed by atoms with van der Waals surface area (Å²) in [7, 11) is 0. The van der Waals surface area contributed by atoms with E-state index in [1.165, 1.54) is 116 Å². The lowest BCUT2D eigenvalue weighted by Crippen LogP contribution is -2.42. The normalized spacial score (nSPS) is 11.8. The molecule has 0 fully saturated rings. The molecule has 0 aliphatic heterocycles. The fourth-order valence-electron chi connectivity index (χ4n) is 5.13. The molecule has 0 aliphatic carbocycles. The SMILES string of the molecule is CCCCCCCCCCCCCCCC(=O)N[C@@H](CCC(=O)O)C(=O)OCCCCCCCCCCCCC. The van der Waals surface area contributed by atoms with E-state index in [2.05, 4.69) is 19.2 Å². The summed E-state index contributed by atoms with van der Waals surface area (Å²) in [5.74, 6) is -1.67. The zero-order valence-electron chi connectivity index (χ0n) is 26.5. The molecule has 0 unspecified atom stereocenters. The van der Waals surface area contributed by atoms with Gasteiger partial charge in [0, 0.05) is 12.8 Å². The van der Waals surface area contributed by atoms with Crippen LogP contribution in [-0.2, 0) is 19.1 Å². The van der Waals surface area contributed by atoms with Crippen LogP contribution in [0.2, 0.25) is 0 Å². The molecule has 2 N–H and O–H groups in total. The Labute approximate surface area is 247 Å². The van der Waals surface area contributed by atoms with Crippen molar-refractivity contribution in [2.45, 2.75) is 193 Å². The van der Waals surface area contributed by atoms with Gasteiger partial charge in [-0.2, -0.15) is 0 Å². The number of carboxylic acids is 1. The highest BCUT2D eigenvalue weighted by molar-refractivity contribution is 5.84. The third kappa shape index (κ3) is 28.0. The maximum atomic E-state index is 12.5. The summed E-state index contributed by atoms with van der Waals surface area (Å²) in [5, 5.41) is 11.8. The van der Waals surface area contributed by atoms with Gasteiger partial charge in [-0.3, -0.25) is 9.59 Å². The predicted octanol–water partition coefficient (Wildman–Crippen LogP) is 9.67. The number of hydrogen-bond acceptors (Lipinski definition) is 4. The first-order chi connectivity index (χ1) is 19.5. The standard InChI is InChI=1S/C34H65NO5/c1-3-5-7-9-11-13-15-16-17-19-21-23-25-27-32(36)35-31(28-29-33(37)38)34(39)40-30-26-24-22-20-18-14-12-10-8-6-4-2/h31H,3-30H2,1-2H3,(H,35,36)(H,37,38)/t31-/m0/s1. The summed E-state index contributed by atoms with van der Waals surface area (Å²) < 4.78 is 5.40. The van der Waals surface area contributed by atoms with Crippen molar-refractivity contribution < 1.29 is 24.2 Å². The number of aliphatic carboxylic acids is 1. The number of ether oxygens (including phenoxy) is 1. The summed E-state index contributed by atoms with van der Waals surface area (Å²) in [6.07, 6.45) is 29.9. The lowest BCUT2D eigenvalue weighted by Gasteiger charge is -2.17. The molecule has 236 valence electrons. The molecule has 0 radical (unpaired) electrons. The van der Waals surface area contributed by atoms with Crippen LogP contribution < -0.4 is 5.32 Å². The van der Waals surface area contributed by atoms with Crippen LogP contribution in [0.25, 0.3) is 0 Å². The minimum Gasteiger partial charge on any atom is -0.481 e. The summed E-state index contributed by atoms with van der Waals surface area (Å²) in [4.78, 5) is 36.0. The Morgan fingerprint density at radius 3 is 1.32 bits per heavy atom. The lowest BCUT2D eigenvalue weighted by molar-refractivity contribution is -0.148. The molecule has 0 aromatic heterocycles. The lowest BCUT2D eigenvalue weighted by atomic mass is 10.0. The van der Waals surface area contributed by atoms with E-state index in [-0.39, 0.29) is 18.7 Å². The zero-order chi connectivity index (χ0) is 29.5. The van der Waals surface area contributed by atoms with Gasteiger partial charge in [-0.05, 0) is 19.3 Å². The Balaban J connectivity index is 3.89. The Bertz CT molecular complexity index is 595. The largest absolute Gasteiger partial charge is 0.481 e. The second-order valence-electron chi connectivity index (χ2n) is 11.7. The molecule has 0 rings (SSSR count). The van der Waals surface area contributed by atoms with E-state index < -0.39 is 18.0 Å². The number of amides is 1. The third-order valence-corrected chi connectivity index (χ3v) is 7.77. The molecule has 6 nitrogen and oxygen atoms in total. The van der Waals surface area contributed by atoms with Gasteiger partial charge in [0.05, 0.1) is 6.61 Å². The minimum atomic E-state index is -0.978. The fourth-order valence-corrected chi connectivity index (χ4v) is 5.13. The van der Waals surface area contributed by atoms with Crippen molar-refractivity contribution in [1.82, 2.24) is 5.32 Å². The van der Waals surface area contributed by atoms with Gasteiger partial charge in [0.15, 0.2) is 0 Å². The Morgan fingerprint density at radius 2 is 0.925 bits per heavy atom. The number of esters is 1. The summed E-state index contributed by atoms with van der Waals surface area (Å²) in [5.41, 5.74) is 0. The van der Waals surface area contributed by atoms with Crippen LogP contribution in [-0.4, -0.2) is 35.6 Å². The summed E-state index contributed by atoms with van der Waals surface area (Å²) >= 11 is 0. The van der Waals surface area contributed by atoms with Crippen LogP contribution in [0.1, 0.15) is 187 Å². The Hall–Kier alpha value is -1.59. The molecule has 1 amide bonds. The molecule has 0 aromatic rings. The van der Waals surface area contributed by atoms with E-state index >= 15 is 0 Å². The average Bonchev–Trinajstić information content (AvgIpc) is 2.93. The predicted molar refractivity (Wildman–Crippen MR) is 167 cm³/mol. The summed E-state index contributed by atoms with van der Waals surface area (Å²) in [6.45, 7) is 4.82. The van der Waals surface area contributed by atoms with Crippen molar-refractivity contribution in [1.29, 1.82) is 0 Å². The highest BCUT2D eigenvalue weighted by atomic mass is 16.5.